The molecule has 1 atom stereocenters. The topological polar surface area (TPSA) is 62.7 Å². The summed E-state index contributed by atoms with van der Waals surface area (Å²) in [6.07, 6.45) is 2.71. The Balaban J connectivity index is 2.07. The fourth-order valence-electron chi connectivity index (χ4n) is 2.34. The largest absolute Gasteiger partial charge is 0.481 e. The first-order valence-electron chi connectivity index (χ1n) is 7.72. The first-order chi connectivity index (χ1) is 11.5. The molecule has 0 aliphatic carbocycles. The van der Waals surface area contributed by atoms with Gasteiger partial charge in [0.25, 0.3) is 5.91 Å². The van der Waals surface area contributed by atoms with E-state index in [1.54, 1.807) is 42.4 Å². The number of aliphatic hydroxyl groups is 1. The lowest BCUT2D eigenvalue weighted by molar-refractivity contribution is -0.139. The van der Waals surface area contributed by atoms with E-state index in [0.29, 0.717) is 17.3 Å². The van der Waals surface area contributed by atoms with Crippen LogP contribution < -0.4 is 4.74 Å². The molecule has 1 aromatic carbocycles. The van der Waals surface area contributed by atoms with Gasteiger partial charge in [-0.15, -0.1) is 0 Å². The Kier molecular flexibility index (Phi) is 6.58. The van der Waals surface area contributed by atoms with Crippen molar-refractivity contribution in [1.82, 2.24) is 9.88 Å². The minimum atomic E-state index is -0.673. The molecule has 24 heavy (non-hydrogen) atoms. The standard InChI is InChI=1S/C18H21ClN2O3/c1-13-10-16(19)5-6-17(13)24-14(2)18(23)21(8-9-22)12-15-4-3-7-20-11-15/h3-7,10-11,14,22H,8-9,12H2,1-2H3. The summed E-state index contributed by atoms with van der Waals surface area (Å²) in [6, 6.07) is 8.96. The van der Waals surface area contributed by atoms with Gasteiger partial charge in [0.2, 0.25) is 0 Å². The van der Waals surface area contributed by atoms with Crippen molar-refractivity contribution in [2.75, 3.05) is 13.2 Å². The predicted molar refractivity (Wildman–Crippen MR) is 93.0 cm³/mol. The van der Waals surface area contributed by atoms with Gasteiger partial charge in [-0.05, 0) is 49.2 Å². The zero-order valence-electron chi connectivity index (χ0n) is 13.8. The van der Waals surface area contributed by atoms with Gasteiger partial charge in [-0.2, -0.15) is 0 Å². The van der Waals surface area contributed by atoms with E-state index in [1.807, 2.05) is 19.1 Å². The van der Waals surface area contributed by atoms with Crippen molar-refractivity contribution < 1.29 is 14.6 Å². The summed E-state index contributed by atoms with van der Waals surface area (Å²) in [4.78, 5) is 18.3. The lowest BCUT2D eigenvalue weighted by Crippen LogP contribution is -2.41. The first kappa shape index (κ1) is 18.2. The van der Waals surface area contributed by atoms with Crippen LogP contribution in [0.5, 0.6) is 5.75 Å². The molecule has 1 N–H and O–H groups in total. The number of halogens is 1. The average molecular weight is 349 g/mol. The number of pyridine rings is 1. The van der Waals surface area contributed by atoms with Crippen LogP contribution in [0, 0.1) is 6.92 Å². The summed E-state index contributed by atoms with van der Waals surface area (Å²) < 4.78 is 5.78. The fraction of sp³-hybridized carbons (Fsp3) is 0.333. The van der Waals surface area contributed by atoms with Crippen molar-refractivity contribution in [1.29, 1.82) is 0 Å². The number of benzene rings is 1. The van der Waals surface area contributed by atoms with Gasteiger partial charge in [-0.25, -0.2) is 0 Å². The van der Waals surface area contributed by atoms with E-state index in [-0.39, 0.29) is 19.1 Å². The quantitative estimate of drug-likeness (QED) is 0.835. The van der Waals surface area contributed by atoms with Gasteiger partial charge in [0.1, 0.15) is 5.75 Å². The molecule has 2 rings (SSSR count). The van der Waals surface area contributed by atoms with Crippen molar-refractivity contribution in [3.05, 3.63) is 58.9 Å². The highest BCUT2D eigenvalue weighted by Crippen LogP contribution is 2.23. The fourth-order valence-corrected chi connectivity index (χ4v) is 2.57. The summed E-state index contributed by atoms with van der Waals surface area (Å²) in [6.45, 7) is 4.07. The zero-order chi connectivity index (χ0) is 17.5. The number of carbonyl (C=O) groups excluding carboxylic acids is 1. The van der Waals surface area contributed by atoms with Gasteiger partial charge in [0, 0.05) is 30.5 Å². The highest BCUT2D eigenvalue weighted by Gasteiger charge is 2.22. The van der Waals surface area contributed by atoms with Crippen LogP contribution in [0.1, 0.15) is 18.1 Å². The number of hydrogen-bond donors (Lipinski definition) is 1. The molecule has 0 saturated carbocycles. The Morgan fingerprint density at radius 3 is 2.83 bits per heavy atom. The molecular formula is C18H21ClN2O3. The first-order valence-corrected chi connectivity index (χ1v) is 8.10. The summed E-state index contributed by atoms with van der Waals surface area (Å²) in [5, 5.41) is 9.87. The molecule has 0 aliphatic heterocycles. The van der Waals surface area contributed by atoms with Crippen LogP contribution in [0.25, 0.3) is 0 Å². The van der Waals surface area contributed by atoms with Gasteiger partial charge >= 0.3 is 0 Å². The number of amides is 1. The number of aryl methyl sites for hydroxylation is 1. The van der Waals surface area contributed by atoms with Crippen LogP contribution in [0.3, 0.4) is 0 Å². The Hall–Kier alpha value is -2.11. The molecule has 6 heteroatoms. The third-order valence-electron chi connectivity index (χ3n) is 3.57. The molecule has 128 valence electrons. The molecule has 0 saturated heterocycles. The van der Waals surface area contributed by atoms with Crippen molar-refractivity contribution >= 4 is 17.5 Å². The highest BCUT2D eigenvalue weighted by molar-refractivity contribution is 6.30. The summed E-state index contributed by atoms with van der Waals surface area (Å²) in [5.74, 6) is 0.424. The van der Waals surface area contributed by atoms with E-state index in [4.69, 9.17) is 16.3 Å². The lowest BCUT2D eigenvalue weighted by Gasteiger charge is -2.26. The Labute approximate surface area is 146 Å². The zero-order valence-corrected chi connectivity index (χ0v) is 14.5. The second-order valence-electron chi connectivity index (χ2n) is 5.51. The minimum Gasteiger partial charge on any atom is -0.481 e. The molecule has 1 amide bonds. The third-order valence-corrected chi connectivity index (χ3v) is 3.80. The second kappa shape index (κ2) is 8.66. The molecule has 0 aliphatic rings. The van der Waals surface area contributed by atoms with Crippen molar-refractivity contribution in [2.45, 2.75) is 26.5 Å². The van der Waals surface area contributed by atoms with E-state index >= 15 is 0 Å². The predicted octanol–water partition coefficient (Wildman–Crippen LogP) is 2.83. The maximum absolute atomic E-state index is 12.7. The SMILES string of the molecule is Cc1cc(Cl)ccc1OC(C)C(=O)N(CCO)Cc1cccnc1. The summed E-state index contributed by atoms with van der Waals surface area (Å²) in [7, 11) is 0. The number of hydrogen-bond acceptors (Lipinski definition) is 4. The second-order valence-corrected chi connectivity index (χ2v) is 5.95. The molecule has 1 aromatic heterocycles. The molecular weight excluding hydrogens is 328 g/mol. The Morgan fingerprint density at radius 2 is 2.21 bits per heavy atom. The number of aromatic nitrogens is 1. The van der Waals surface area contributed by atoms with Crippen LogP contribution in [0.2, 0.25) is 5.02 Å². The Bertz CT molecular complexity index is 679. The smallest absolute Gasteiger partial charge is 0.263 e. The van der Waals surface area contributed by atoms with Gasteiger partial charge in [-0.3, -0.25) is 9.78 Å². The molecule has 0 spiro atoms. The minimum absolute atomic E-state index is 0.112. The number of carbonyl (C=O) groups is 1. The van der Waals surface area contributed by atoms with Crippen LogP contribution in [0.4, 0.5) is 0 Å². The van der Waals surface area contributed by atoms with Crippen LogP contribution in [0.15, 0.2) is 42.7 Å². The van der Waals surface area contributed by atoms with E-state index in [0.717, 1.165) is 11.1 Å². The van der Waals surface area contributed by atoms with Gasteiger partial charge < -0.3 is 14.7 Å². The molecule has 0 fully saturated rings. The molecule has 1 heterocycles. The normalized spacial score (nSPS) is 11.8. The van der Waals surface area contributed by atoms with E-state index < -0.39 is 6.10 Å². The maximum Gasteiger partial charge on any atom is 0.263 e. The average Bonchev–Trinajstić information content (AvgIpc) is 2.57. The van der Waals surface area contributed by atoms with E-state index in [1.165, 1.54) is 0 Å². The number of aliphatic hydroxyl groups excluding tert-OH is 1. The Morgan fingerprint density at radius 1 is 1.42 bits per heavy atom. The van der Waals surface area contributed by atoms with Crippen LogP contribution in [-0.4, -0.2) is 40.2 Å². The number of rotatable bonds is 7. The number of nitrogens with zero attached hydrogens (tertiary/aromatic N) is 2. The van der Waals surface area contributed by atoms with Crippen molar-refractivity contribution in [2.24, 2.45) is 0 Å². The lowest BCUT2D eigenvalue weighted by atomic mass is 10.2. The summed E-state index contributed by atoms with van der Waals surface area (Å²) >= 11 is 5.93. The van der Waals surface area contributed by atoms with Gasteiger partial charge in [0.05, 0.1) is 6.61 Å². The van der Waals surface area contributed by atoms with E-state index in [2.05, 4.69) is 4.98 Å². The summed E-state index contributed by atoms with van der Waals surface area (Å²) in [5.41, 5.74) is 1.76. The molecule has 0 bridgehead atoms. The van der Waals surface area contributed by atoms with E-state index in [9.17, 15) is 9.90 Å². The number of ether oxygens (including phenoxy) is 1. The third kappa shape index (κ3) is 4.94. The highest BCUT2D eigenvalue weighted by atomic mass is 35.5. The molecule has 5 nitrogen and oxygen atoms in total. The maximum atomic E-state index is 12.7. The van der Waals surface area contributed by atoms with Crippen LogP contribution >= 0.6 is 11.6 Å². The van der Waals surface area contributed by atoms with Crippen LogP contribution in [-0.2, 0) is 11.3 Å². The van der Waals surface area contributed by atoms with Gasteiger partial charge in [-0.1, -0.05) is 17.7 Å². The molecule has 2 aromatic rings. The van der Waals surface area contributed by atoms with Crippen molar-refractivity contribution in [3.8, 4) is 5.75 Å². The molecule has 1 unspecified atom stereocenters. The van der Waals surface area contributed by atoms with Crippen molar-refractivity contribution in [3.63, 3.8) is 0 Å². The van der Waals surface area contributed by atoms with Gasteiger partial charge in [0.15, 0.2) is 6.10 Å². The monoisotopic (exact) mass is 348 g/mol. The molecule has 0 radical (unpaired) electrons.